The van der Waals surface area contributed by atoms with Crippen LogP contribution in [-0.2, 0) is 20.9 Å². The van der Waals surface area contributed by atoms with Gasteiger partial charge in [0.15, 0.2) is 11.5 Å². The molecule has 1 amide bonds. The van der Waals surface area contributed by atoms with E-state index in [4.69, 9.17) is 14.2 Å². The Bertz CT molecular complexity index is 700. The number of amides is 1. The van der Waals surface area contributed by atoms with Crippen LogP contribution in [0.2, 0.25) is 0 Å². The maximum Gasteiger partial charge on any atom is 0.310 e. The van der Waals surface area contributed by atoms with E-state index < -0.39 is 30.0 Å². The normalized spacial score (nSPS) is 29.7. The lowest BCUT2D eigenvalue weighted by Crippen LogP contribution is -2.42. The van der Waals surface area contributed by atoms with Crippen LogP contribution < -0.4 is 14.8 Å². The highest BCUT2D eigenvalue weighted by Gasteiger charge is 2.53. The fraction of sp³-hybridized carbons (Fsp3) is 0.375. The molecule has 0 unspecified atom stereocenters. The molecule has 7 nitrogen and oxygen atoms in total. The van der Waals surface area contributed by atoms with Gasteiger partial charge in [-0.2, -0.15) is 0 Å². The molecule has 1 aromatic carbocycles. The van der Waals surface area contributed by atoms with E-state index in [0.29, 0.717) is 18.0 Å². The smallest absolute Gasteiger partial charge is 0.310 e. The van der Waals surface area contributed by atoms with Gasteiger partial charge in [-0.05, 0) is 17.7 Å². The number of nitrogens with one attached hydrogen (secondary N) is 1. The second-order valence-corrected chi connectivity index (χ2v) is 5.75. The van der Waals surface area contributed by atoms with Gasteiger partial charge in [0, 0.05) is 6.54 Å². The van der Waals surface area contributed by atoms with Crippen LogP contribution in [0, 0.1) is 11.8 Å². The van der Waals surface area contributed by atoms with Crippen LogP contribution in [0.1, 0.15) is 5.56 Å². The highest BCUT2D eigenvalue weighted by Crippen LogP contribution is 2.39. The minimum atomic E-state index is -1.01. The van der Waals surface area contributed by atoms with Crippen LogP contribution in [0.25, 0.3) is 0 Å². The molecule has 1 saturated heterocycles. The number of carbonyl (C=O) groups excluding carboxylic acids is 1. The van der Waals surface area contributed by atoms with Crippen LogP contribution in [-0.4, -0.2) is 36.0 Å². The van der Waals surface area contributed by atoms with Crippen molar-refractivity contribution in [2.24, 2.45) is 11.8 Å². The van der Waals surface area contributed by atoms with Crippen LogP contribution >= 0.6 is 0 Å². The van der Waals surface area contributed by atoms with E-state index in [0.717, 1.165) is 5.56 Å². The van der Waals surface area contributed by atoms with Gasteiger partial charge in [0.25, 0.3) is 0 Å². The zero-order valence-electron chi connectivity index (χ0n) is 12.1. The van der Waals surface area contributed by atoms with Crippen molar-refractivity contribution < 1.29 is 28.9 Å². The molecule has 0 spiro atoms. The molecule has 0 saturated carbocycles. The van der Waals surface area contributed by atoms with E-state index in [-0.39, 0.29) is 12.7 Å². The van der Waals surface area contributed by atoms with Gasteiger partial charge in [-0.25, -0.2) is 0 Å². The van der Waals surface area contributed by atoms with Crippen molar-refractivity contribution in [1.29, 1.82) is 0 Å². The number of benzene rings is 1. The topological polar surface area (TPSA) is 94.1 Å². The molecular weight excluding hydrogens is 302 g/mol. The third kappa shape index (κ3) is 2.33. The zero-order valence-corrected chi connectivity index (χ0v) is 12.1. The fourth-order valence-corrected chi connectivity index (χ4v) is 3.27. The number of hydrogen-bond acceptors (Lipinski definition) is 5. The second-order valence-electron chi connectivity index (χ2n) is 5.75. The standard InChI is InChI=1S/C16H15NO6/c18-15(13-10-3-4-11(23-10)14(13)16(19)20)17-6-8-1-2-9-12(5-8)22-7-21-9/h1-5,10-11,13-14H,6-7H2,(H,17,18)(H,19,20)/t10-,11-,13-,14+/m1/s1. The number of fused-ring (bicyclic) bond motifs is 3. The molecule has 120 valence electrons. The minimum absolute atomic E-state index is 0.195. The maximum absolute atomic E-state index is 12.4. The Kier molecular flexibility index (Phi) is 3.23. The summed E-state index contributed by atoms with van der Waals surface area (Å²) in [5, 5.41) is 12.1. The molecule has 1 fully saturated rings. The lowest BCUT2D eigenvalue weighted by atomic mass is 9.82. The average Bonchev–Trinajstić information content (AvgIpc) is 3.25. The van der Waals surface area contributed by atoms with Crippen molar-refractivity contribution in [3.63, 3.8) is 0 Å². The first-order valence-electron chi connectivity index (χ1n) is 7.36. The zero-order chi connectivity index (χ0) is 16.0. The first-order chi connectivity index (χ1) is 11.1. The molecule has 2 bridgehead atoms. The first kappa shape index (κ1) is 14.1. The van der Waals surface area contributed by atoms with Gasteiger partial charge in [0.1, 0.15) is 5.92 Å². The number of hydrogen-bond donors (Lipinski definition) is 2. The van der Waals surface area contributed by atoms with Gasteiger partial charge in [0.2, 0.25) is 12.7 Å². The van der Waals surface area contributed by atoms with Crippen molar-refractivity contribution in [2.75, 3.05) is 6.79 Å². The number of rotatable bonds is 4. The third-order valence-corrected chi connectivity index (χ3v) is 4.39. The predicted molar refractivity (Wildman–Crippen MR) is 76.8 cm³/mol. The van der Waals surface area contributed by atoms with Crippen molar-refractivity contribution in [3.05, 3.63) is 35.9 Å². The summed E-state index contributed by atoms with van der Waals surface area (Å²) in [4.78, 5) is 23.8. The Morgan fingerprint density at radius 3 is 2.65 bits per heavy atom. The summed E-state index contributed by atoms with van der Waals surface area (Å²) in [6.07, 6.45) is 2.50. The summed E-state index contributed by atoms with van der Waals surface area (Å²) < 4.78 is 16.0. The van der Waals surface area contributed by atoms with E-state index in [1.54, 1.807) is 24.3 Å². The maximum atomic E-state index is 12.4. The van der Waals surface area contributed by atoms with E-state index in [9.17, 15) is 14.7 Å². The van der Waals surface area contributed by atoms with Gasteiger partial charge in [-0.3, -0.25) is 9.59 Å². The van der Waals surface area contributed by atoms with E-state index in [1.807, 2.05) is 6.07 Å². The van der Waals surface area contributed by atoms with Crippen molar-refractivity contribution >= 4 is 11.9 Å². The lowest BCUT2D eigenvalue weighted by molar-refractivity contribution is -0.146. The minimum Gasteiger partial charge on any atom is -0.481 e. The molecule has 23 heavy (non-hydrogen) atoms. The molecule has 3 aliphatic heterocycles. The van der Waals surface area contributed by atoms with Crippen LogP contribution in [0.4, 0.5) is 0 Å². The van der Waals surface area contributed by atoms with Gasteiger partial charge < -0.3 is 24.6 Å². The average molecular weight is 317 g/mol. The first-order valence-corrected chi connectivity index (χ1v) is 7.36. The molecule has 0 aliphatic carbocycles. The monoisotopic (exact) mass is 317 g/mol. The van der Waals surface area contributed by atoms with Crippen molar-refractivity contribution in [3.8, 4) is 11.5 Å². The predicted octanol–water partition coefficient (Wildman–Crippen LogP) is 0.686. The molecule has 7 heteroatoms. The Morgan fingerprint density at radius 1 is 1.13 bits per heavy atom. The summed E-state index contributed by atoms with van der Waals surface area (Å²) in [5.74, 6) is -1.53. The molecule has 4 atom stereocenters. The van der Waals surface area contributed by atoms with E-state index in [2.05, 4.69) is 5.32 Å². The van der Waals surface area contributed by atoms with Crippen molar-refractivity contribution in [1.82, 2.24) is 5.32 Å². The summed E-state index contributed by atoms with van der Waals surface area (Å²) in [6.45, 7) is 0.486. The molecule has 0 aromatic heterocycles. The third-order valence-electron chi connectivity index (χ3n) is 4.39. The second kappa shape index (κ2) is 5.27. The molecular formula is C16H15NO6. The largest absolute Gasteiger partial charge is 0.481 e. The number of aliphatic carboxylic acids is 1. The molecule has 2 N–H and O–H groups in total. The number of carbonyl (C=O) groups is 2. The van der Waals surface area contributed by atoms with E-state index >= 15 is 0 Å². The quantitative estimate of drug-likeness (QED) is 0.793. The van der Waals surface area contributed by atoms with Gasteiger partial charge >= 0.3 is 5.97 Å². The molecule has 3 aliphatic rings. The summed E-state index contributed by atoms with van der Waals surface area (Å²) >= 11 is 0. The van der Waals surface area contributed by atoms with Gasteiger partial charge in [-0.15, -0.1) is 0 Å². The summed E-state index contributed by atoms with van der Waals surface area (Å²) in [5.41, 5.74) is 0.856. The fourth-order valence-electron chi connectivity index (χ4n) is 3.27. The Hall–Kier alpha value is -2.54. The highest BCUT2D eigenvalue weighted by atomic mass is 16.7. The number of ether oxygens (including phenoxy) is 3. The van der Waals surface area contributed by atoms with E-state index in [1.165, 1.54) is 0 Å². The highest BCUT2D eigenvalue weighted by molar-refractivity contribution is 5.87. The van der Waals surface area contributed by atoms with Gasteiger partial charge in [-0.1, -0.05) is 18.2 Å². The molecule has 0 radical (unpaired) electrons. The molecule has 3 heterocycles. The number of carboxylic acids is 1. The van der Waals surface area contributed by atoms with Crippen molar-refractivity contribution in [2.45, 2.75) is 18.8 Å². The Labute approximate surface area is 131 Å². The SMILES string of the molecule is O=C(O)[C@@H]1[C@H](C(=O)NCc2ccc3c(c2)OCO3)[C@H]2C=C[C@H]1O2. The Balaban J connectivity index is 1.44. The molecule has 4 rings (SSSR count). The summed E-state index contributed by atoms with van der Waals surface area (Å²) in [7, 11) is 0. The Morgan fingerprint density at radius 2 is 1.87 bits per heavy atom. The lowest BCUT2D eigenvalue weighted by Gasteiger charge is -2.21. The van der Waals surface area contributed by atoms with Crippen LogP contribution in [0.5, 0.6) is 11.5 Å². The van der Waals surface area contributed by atoms with Crippen LogP contribution in [0.15, 0.2) is 30.4 Å². The van der Waals surface area contributed by atoms with Crippen LogP contribution in [0.3, 0.4) is 0 Å². The molecule has 1 aromatic rings. The van der Waals surface area contributed by atoms with Gasteiger partial charge in [0.05, 0.1) is 18.1 Å². The summed E-state index contributed by atoms with van der Waals surface area (Å²) in [6, 6.07) is 5.42. The number of carboxylic acid groups (broad SMARTS) is 1.